The molecule has 0 aromatic heterocycles. The van der Waals surface area contributed by atoms with Gasteiger partial charge in [-0.25, -0.2) is 0 Å². The summed E-state index contributed by atoms with van der Waals surface area (Å²) in [5.41, 5.74) is 2.41. The fraction of sp³-hybridized carbons (Fsp3) is 0.188. The van der Waals surface area contributed by atoms with Gasteiger partial charge in [0.1, 0.15) is 24.0 Å². The molecule has 0 radical (unpaired) electrons. The molecule has 0 saturated heterocycles. The molecule has 0 bridgehead atoms. The van der Waals surface area contributed by atoms with E-state index in [0.717, 1.165) is 22.3 Å². The van der Waals surface area contributed by atoms with E-state index < -0.39 is 22.8 Å². The summed E-state index contributed by atoms with van der Waals surface area (Å²) in [5.74, 6) is -1.31. The number of fused-ring (bicyclic) bond motifs is 6. The summed E-state index contributed by atoms with van der Waals surface area (Å²) in [4.78, 5) is 29.3. The molecule has 0 fully saturated rings. The molecule has 6 nitrogen and oxygen atoms in total. The van der Waals surface area contributed by atoms with Crippen molar-refractivity contribution in [2.45, 2.75) is 10.8 Å². The van der Waals surface area contributed by atoms with Crippen LogP contribution < -0.4 is 0 Å². The van der Waals surface area contributed by atoms with Crippen LogP contribution in [0.4, 0.5) is 0 Å². The Bertz CT molecular complexity index is 1350. The van der Waals surface area contributed by atoms with Crippen LogP contribution in [0, 0.1) is 0 Å². The van der Waals surface area contributed by atoms with E-state index in [2.05, 4.69) is 0 Å². The van der Waals surface area contributed by atoms with Gasteiger partial charge in [-0.1, -0.05) is 97.1 Å². The maximum Gasteiger partial charge on any atom is 0.323 e. The van der Waals surface area contributed by atoms with Crippen molar-refractivity contribution in [1.29, 1.82) is 0 Å². The molecule has 0 atom stereocenters. The first-order chi connectivity index (χ1) is 18.6. The Balaban J connectivity index is 1.83. The first kappa shape index (κ1) is 24.1. The number of aliphatic hydroxyl groups is 2. The Labute approximate surface area is 220 Å². The third-order valence-corrected chi connectivity index (χ3v) is 7.73. The maximum absolute atomic E-state index is 14.7. The molecule has 0 spiro atoms. The lowest BCUT2D eigenvalue weighted by molar-refractivity contribution is -0.162. The molecule has 6 rings (SSSR count). The Kier molecular flexibility index (Phi) is 5.86. The van der Waals surface area contributed by atoms with Gasteiger partial charge in [0, 0.05) is 0 Å². The summed E-state index contributed by atoms with van der Waals surface area (Å²) in [6.45, 7) is -1.17. The first-order valence-electron chi connectivity index (χ1n) is 12.6. The molecule has 2 N–H and O–H groups in total. The number of carbonyl (C=O) groups excluding carboxylic acids is 2. The Morgan fingerprint density at radius 3 is 1.03 bits per heavy atom. The number of hydrogen-bond donors (Lipinski definition) is 2. The molecule has 4 aromatic carbocycles. The Morgan fingerprint density at radius 1 is 0.500 bits per heavy atom. The van der Waals surface area contributed by atoms with Crippen LogP contribution in [-0.2, 0) is 29.9 Å². The molecule has 2 aliphatic rings. The summed E-state index contributed by atoms with van der Waals surface area (Å²) < 4.78 is 11.5. The zero-order chi connectivity index (χ0) is 26.3. The summed E-state index contributed by atoms with van der Waals surface area (Å²) in [6, 6.07) is 30.2. The van der Waals surface area contributed by atoms with Crippen molar-refractivity contribution in [3.8, 4) is 22.3 Å². The highest BCUT2D eigenvalue weighted by molar-refractivity contribution is 6.11. The highest BCUT2D eigenvalue weighted by Crippen LogP contribution is 2.65. The lowest BCUT2D eigenvalue weighted by Crippen LogP contribution is -2.59. The second kappa shape index (κ2) is 9.24. The predicted octanol–water partition coefficient (Wildman–Crippen LogP) is 3.99. The van der Waals surface area contributed by atoms with Crippen LogP contribution in [0.1, 0.15) is 22.3 Å². The SMILES string of the molecule is O=C(OCCO)C1(C2(C(=O)OCCO)c3ccccc3-c3ccccc32)c2ccccc2-c2ccccc21. The summed E-state index contributed by atoms with van der Waals surface area (Å²) in [5, 5.41) is 19.2. The standard InChI is InChI=1S/C32H26O6/c33-17-19-37-29(35)31(25-13-5-1-9-21(25)22-10-2-6-14-26(22)31)32(30(36)38-20-18-34)27-15-7-3-11-23(27)24-12-4-8-16-28(24)32/h1-16,33-34H,17-20H2. The van der Waals surface area contributed by atoms with Gasteiger partial charge in [-0.3, -0.25) is 9.59 Å². The topological polar surface area (TPSA) is 93.1 Å². The minimum absolute atomic E-state index is 0.226. The van der Waals surface area contributed by atoms with Crippen molar-refractivity contribution in [3.63, 3.8) is 0 Å². The Morgan fingerprint density at radius 2 is 0.763 bits per heavy atom. The molecular formula is C32H26O6. The van der Waals surface area contributed by atoms with Crippen LogP contribution in [0.25, 0.3) is 22.3 Å². The van der Waals surface area contributed by atoms with Gasteiger partial charge in [0.15, 0.2) is 0 Å². The van der Waals surface area contributed by atoms with Gasteiger partial charge in [-0.05, 0) is 44.5 Å². The van der Waals surface area contributed by atoms with Crippen molar-refractivity contribution in [1.82, 2.24) is 0 Å². The largest absolute Gasteiger partial charge is 0.462 e. The quantitative estimate of drug-likeness (QED) is 0.368. The summed E-state index contributed by atoms with van der Waals surface area (Å²) in [6.07, 6.45) is 0. The van der Waals surface area contributed by atoms with Crippen LogP contribution >= 0.6 is 0 Å². The molecular weight excluding hydrogens is 480 g/mol. The van der Waals surface area contributed by atoms with E-state index in [1.165, 1.54) is 0 Å². The minimum atomic E-state index is -1.68. The van der Waals surface area contributed by atoms with Gasteiger partial charge in [-0.2, -0.15) is 0 Å². The molecule has 0 unspecified atom stereocenters. The number of ether oxygens (including phenoxy) is 2. The lowest BCUT2D eigenvalue weighted by Gasteiger charge is -2.45. The maximum atomic E-state index is 14.7. The van der Waals surface area contributed by atoms with Crippen LogP contribution in [-0.4, -0.2) is 48.6 Å². The van der Waals surface area contributed by atoms with Gasteiger partial charge in [0.2, 0.25) is 0 Å². The zero-order valence-electron chi connectivity index (χ0n) is 20.6. The summed E-state index contributed by atoms with van der Waals surface area (Å²) in [7, 11) is 0. The third kappa shape index (κ3) is 2.96. The van der Waals surface area contributed by atoms with Gasteiger partial charge in [0.05, 0.1) is 13.2 Å². The van der Waals surface area contributed by atoms with E-state index in [1.54, 1.807) is 0 Å². The number of carbonyl (C=O) groups is 2. The van der Waals surface area contributed by atoms with E-state index >= 15 is 0 Å². The monoisotopic (exact) mass is 506 g/mol. The molecule has 0 saturated carbocycles. The van der Waals surface area contributed by atoms with E-state index in [9.17, 15) is 19.8 Å². The van der Waals surface area contributed by atoms with E-state index in [1.807, 2.05) is 97.1 Å². The molecule has 190 valence electrons. The number of aliphatic hydroxyl groups excluding tert-OH is 2. The Hall–Kier alpha value is -4.26. The lowest BCUT2D eigenvalue weighted by atomic mass is 9.54. The van der Waals surface area contributed by atoms with Crippen molar-refractivity contribution in [2.75, 3.05) is 26.4 Å². The van der Waals surface area contributed by atoms with Gasteiger partial charge in [0.25, 0.3) is 0 Å². The number of esters is 2. The molecule has 2 aliphatic carbocycles. The third-order valence-electron chi connectivity index (χ3n) is 7.73. The zero-order valence-corrected chi connectivity index (χ0v) is 20.6. The second-order valence-electron chi connectivity index (χ2n) is 9.40. The van der Waals surface area contributed by atoms with Gasteiger partial charge < -0.3 is 19.7 Å². The van der Waals surface area contributed by atoms with Crippen molar-refractivity contribution < 1.29 is 29.3 Å². The highest BCUT2D eigenvalue weighted by Gasteiger charge is 2.71. The highest BCUT2D eigenvalue weighted by atomic mass is 16.5. The first-order valence-corrected chi connectivity index (χ1v) is 12.6. The van der Waals surface area contributed by atoms with Crippen molar-refractivity contribution in [2.24, 2.45) is 0 Å². The van der Waals surface area contributed by atoms with Crippen LogP contribution in [0.2, 0.25) is 0 Å². The van der Waals surface area contributed by atoms with E-state index in [0.29, 0.717) is 22.3 Å². The van der Waals surface area contributed by atoms with E-state index in [4.69, 9.17) is 9.47 Å². The normalized spacial score (nSPS) is 15.1. The van der Waals surface area contributed by atoms with Crippen LogP contribution in [0.3, 0.4) is 0 Å². The molecule has 0 aliphatic heterocycles. The van der Waals surface area contributed by atoms with Gasteiger partial charge >= 0.3 is 11.9 Å². The van der Waals surface area contributed by atoms with Crippen LogP contribution in [0.5, 0.6) is 0 Å². The molecule has 0 heterocycles. The second-order valence-corrected chi connectivity index (χ2v) is 9.40. The van der Waals surface area contributed by atoms with Crippen LogP contribution in [0.15, 0.2) is 97.1 Å². The van der Waals surface area contributed by atoms with E-state index in [-0.39, 0.29) is 26.4 Å². The van der Waals surface area contributed by atoms with Crippen molar-refractivity contribution in [3.05, 3.63) is 119 Å². The smallest absolute Gasteiger partial charge is 0.323 e. The average molecular weight is 507 g/mol. The molecule has 0 amide bonds. The number of benzene rings is 4. The molecule has 6 heteroatoms. The molecule has 4 aromatic rings. The minimum Gasteiger partial charge on any atom is -0.462 e. The average Bonchev–Trinajstić information content (AvgIpc) is 3.44. The summed E-state index contributed by atoms with van der Waals surface area (Å²) >= 11 is 0. The number of rotatable bonds is 7. The van der Waals surface area contributed by atoms with Crippen molar-refractivity contribution >= 4 is 11.9 Å². The molecule has 38 heavy (non-hydrogen) atoms. The fourth-order valence-electron chi connectivity index (χ4n) is 6.52. The predicted molar refractivity (Wildman–Crippen MR) is 141 cm³/mol. The number of hydrogen-bond acceptors (Lipinski definition) is 6. The fourth-order valence-corrected chi connectivity index (χ4v) is 6.52. The van der Waals surface area contributed by atoms with Gasteiger partial charge in [-0.15, -0.1) is 0 Å².